The molecule has 2 aliphatic rings. The zero-order valence-electron chi connectivity index (χ0n) is 9.25. The van der Waals surface area contributed by atoms with Crippen molar-refractivity contribution in [3.8, 4) is 0 Å². The third kappa shape index (κ3) is 1.88. The lowest BCUT2D eigenvalue weighted by molar-refractivity contribution is -0.121. The van der Waals surface area contributed by atoms with Gasteiger partial charge in [-0.15, -0.1) is 12.4 Å². The van der Waals surface area contributed by atoms with Gasteiger partial charge in [-0.05, 0) is 43.6 Å². The van der Waals surface area contributed by atoms with Crippen molar-refractivity contribution in [1.29, 1.82) is 0 Å². The van der Waals surface area contributed by atoms with Crippen LogP contribution >= 0.6 is 28.3 Å². The van der Waals surface area contributed by atoms with Gasteiger partial charge in [0.2, 0.25) is 5.91 Å². The second-order valence-corrected chi connectivity index (χ2v) is 5.39. The number of carbonyl (C=O) groups is 1. The lowest BCUT2D eigenvalue weighted by Gasteiger charge is -2.31. The smallest absolute Gasteiger partial charge is 0.235 e. The zero-order chi connectivity index (χ0) is 11.2. The molecular formula is C12H14BrClN2O. The van der Waals surface area contributed by atoms with Gasteiger partial charge in [0.15, 0.2) is 0 Å². The predicted octanol–water partition coefficient (Wildman–Crippen LogP) is 2.44. The lowest BCUT2D eigenvalue weighted by Crippen LogP contribution is -2.44. The van der Waals surface area contributed by atoms with Crippen LogP contribution in [0.1, 0.15) is 18.4 Å². The summed E-state index contributed by atoms with van der Waals surface area (Å²) >= 11 is 3.43. The van der Waals surface area contributed by atoms with E-state index in [-0.39, 0.29) is 23.7 Å². The first-order chi connectivity index (χ1) is 7.72. The minimum absolute atomic E-state index is 0. The number of hydrogen-bond donors (Lipinski definition) is 2. The molecule has 1 aromatic rings. The van der Waals surface area contributed by atoms with Gasteiger partial charge >= 0.3 is 0 Å². The van der Waals surface area contributed by atoms with Crippen LogP contribution in [-0.2, 0) is 10.2 Å². The lowest BCUT2D eigenvalue weighted by atomic mass is 9.74. The Balaban J connectivity index is 0.00000108. The molecule has 1 spiro atoms. The van der Waals surface area contributed by atoms with Crippen molar-refractivity contribution in [2.24, 2.45) is 0 Å². The normalized spacial score (nSPS) is 20.6. The maximum atomic E-state index is 12.2. The van der Waals surface area contributed by atoms with E-state index in [1.807, 2.05) is 12.1 Å². The molecule has 1 aromatic carbocycles. The van der Waals surface area contributed by atoms with E-state index in [9.17, 15) is 4.79 Å². The molecule has 1 saturated heterocycles. The molecule has 0 radical (unpaired) electrons. The number of halogens is 2. The molecule has 2 aliphatic heterocycles. The van der Waals surface area contributed by atoms with Crippen molar-refractivity contribution in [2.45, 2.75) is 18.3 Å². The van der Waals surface area contributed by atoms with E-state index in [0.717, 1.165) is 36.1 Å². The van der Waals surface area contributed by atoms with Crippen molar-refractivity contribution in [3.05, 3.63) is 28.2 Å². The summed E-state index contributed by atoms with van der Waals surface area (Å²) in [5.74, 6) is 0.169. The number of hydrogen-bond acceptors (Lipinski definition) is 2. The fraction of sp³-hybridized carbons (Fsp3) is 0.417. The fourth-order valence-corrected chi connectivity index (χ4v) is 3.11. The van der Waals surface area contributed by atoms with Gasteiger partial charge in [0.25, 0.3) is 0 Å². The molecule has 0 saturated carbocycles. The Morgan fingerprint density at radius 2 is 1.94 bits per heavy atom. The van der Waals surface area contributed by atoms with Crippen molar-refractivity contribution >= 4 is 39.9 Å². The van der Waals surface area contributed by atoms with Crippen LogP contribution in [0.15, 0.2) is 22.7 Å². The predicted molar refractivity (Wildman–Crippen MR) is 73.8 cm³/mol. The van der Waals surface area contributed by atoms with Crippen LogP contribution in [0.4, 0.5) is 5.69 Å². The summed E-state index contributed by atoms with van der Waals surface area (Å²) in [4.78, 5) is 12.2. The molecule has 5 heteroatoms. The summed E-state index contributed by atoms with van der Waals surface area (Å²) in [5.41, 5.74) is 1.87. The van der Waals surface area contributed by atoms with E-state index in [1.54, 1.807) is 0 Å². The molecule has 3 rings (SSSR count). The van der Waals surface area contributed by atoms with Gasteiger partial charge in [0, 0.05) is 10.2 Å². The SMILES string of the molecule is Cl.O=C1Nc2cc(Br)ccc2C12CCNCC2. The minimum atomic E-state index is -0.277. The summed E-state index contributed by atoms with van der Waals surface area (Å²) < 4.78 is 1.01. The van der Waals surface area contributed by atoms with Gasteiger partial charge in [0.1, 0.15) is 0 Å². The van der Waals surface area contributed by atoms with Gasteiger partial charge in [-0.1, -0.05) is 22.0 Å². The Morgan fingerprint density at radius 3 is 2.65 bits per heavy atom. The summed E-state index contributed by atoms with van der Waals surface area (Å²) in [6, 6.07) is 6.08. The highest BCUT2D eigenvalue weighted by molar-refractivity contribution is 9.10. The molecule has 2 N–H and O–H groups in total. The first-order valence-corrected chi connectivity index (χ1v) is 6.34. The molecule has 3 nitrogen and oxygen atoms in total. The van der Waals surface area contributed by atoms with E-state index in [1.165, 1.54) is 5.56 Å². The Morgan fingerprint density at radius 1 is 1.24 bits per heavy atom. The highest BCUT2D eigenvalue weighted by Gasteiger charge is 2.46. The summed E-state index contributed by atoms with van der Waals surface area (Å²) in [6.07, 6.45) is 1.79. The number of benzene rings is 1. The molecule has 0 unspecified atom stereocenters. The molecule has 0 aliphatic carbocycles. The molecule has 92 valence electrons. The summed E-state index contributed by atoms with van der Waals surface area (Å²) in [7, 11) is 0. The molecule has 0 aromatic heterocycles. The van der Waals surface area contributed by atoms with Gasteiger partial charge in [0.05, 0.1) is 5.41 Å². The topological polar surface area (TPSA) is 41.1 Å². The number of carbonyl (C=O) groups excluding carboxylic acids is 1. The zero-order valence-corrected chi connectivity index (χ0v) is 11.7. The van der Waals surface area contributed by atoms with Crippen LogP contribution in [0.3, 0.4) is 0 Å². The van der Waals surface area contributed by atoms with E-state index in [2.05, 4.69) is 32.6 Å². The van der Waals surface area contributed by atoms with Gasteiger partial charge in [-0.25, -0.2) is 0 Å². The second-order valence-electron chi connectivity index (χ2n) is 4.48. The summed E-state index contributed by atoms with van der Waals surface area (Å²) in [5, 5.41) is 6.31. The molecule has 0 atom stereocenters. The second kappa shape index (κ2) is 4.59. The maximum absolute atomic E-state index is 12.2. The van der Waals surface area contributed by atoms with E-state index in [0.29, 0.717) is 0 Å². The molecule has 17 heavy (non-hydrogen) atoms. The molecule has 1 amide bonds. The van der Waals surface area contributed by atoms with Crippen molar-refractivity contribution in [2.75, 3.05) is 18.4 Å². The van der Waals surface area contributed by atoms with Crippen LogP contribution in [0.5, 0.6) is 0 Å². The third-order valence-electron chi connectivity index (χ3n) is 3.64. The monoisotopic (exact) mass is 316 g/mol. The average molecular weight is 318 g/mol. The fourth-order valence-electron chi connectivity index (χ4n) is 2.75. The van der Waals surface area contributed by atoms with Gasteiger partial charge in [-0.2, -0.15) is 0 Å². The van der Waals surface area contributed by atoms with Crippen LogP contribution in [0.25, 0.3) is 0 Å². The minimum Gasteiger partial charge on any atom is -0.325 e. The number of amides is 1. The van der Waals surface area contributed by atoms with Crippen LogP contribution in [-0.4, -0.2) is 19.0 Å². The van der Waals surface area contributed by atoms with Gasteiger partial charge in [-0.3, -0.25) is 4.79 Å². The first-order valence-electron chi connectivity index (χ1n) is 5.55. The molecule has 1 fully saturated rings. The molecule has 0 bridgehead atoms. The largest absolute Gasteiger partial charge is 0.325 e. The highest BCUT2D eigenvalue weighted by Crippen LogP contribution is 2.44. The van der Waals surface area contributed by atoms with E-state index in [4.69, 9.17) is 0 Å². The number of rotatable bonds is 0. The van der Waals surface area contributed by atoms with Crippen LogP contribution < -0.4 is 10.6 Å². The Hall–Kier alpha value is -0.580. The summed E-state index contributed by atoms with van der Waals surface area (Å²) in [6.45, 7) is 1.84. The number of nitrogens with one attached hydrogen (secondary N) is 2. The van der Waals surface area contributed by atoms with Crippen LogP contribution in [0, 0.1) is 0 Å². The van der Waals surface area contributed by atoms with Crippen molar-refractivity contribution in [1.82, 2.24) is 5.32 Å². The van der Waals surface area contributed by atoms with Crippen LogP contribution in [0.2, 0.25) is 0 Å². The van der Waals surface area contributed by atoms with Crippen molar-refractivity contribution < 1.29 is 4.79 Å². The standard InChI is InChI=1S/C12H13BrN2O.ClH/c13-8-1-2-9-10(7-8)15-11(16)12(9)3-5-14-6-4-12;/h1-2,7,14H,3-6H2,(H,15,16);1H. The number of anilines is 1. The Labute approximate surface area is 115 Å². The van der Waals surface area contributed by atoms with E-state index >= 15 is 0 Å². The number of piperidine rings is 1. The maximum Gasteiger partial charge on any atom is 0.235 e. The Bertz CT molecular complexity index is 458. The third-order valence-corrected chi connectivity index (χ3v) is 4.13. The first kappa shape index (κ1) is 12.9. The Kier molecular flexibility index (Phi) is 3.48. The van der Waals surface area contributed by atoms with Gasteiger partial charge < -0.3 is 10.6 Å². The van der Waals surface area contributed by atoms with E-state index < -0.39 is 0 Å². The average Bonchev–Trinajstić information content (AvgIpc) is 2.53. The molecular weight excluding hydrogens is 304 g/mol. The highest BCUT2D eigenvalue weighted by atomic mass is 79.9. The van der Waals surface area contributed by atoms with Crippen molar-refractivity contribution in [3.63, 3.8) is 0 Å². The molecule has 2 heterocycles. The number of fused-ring (bicyclic) bond motifs is 2. The quantitative estimate of drug-likeness (QED) is 0.772.